The Kier molecular flexibility index (Phi) is 6.51. The molecule has 0 spiro atoms. The molecule has 0 aliphatic carbocycles. The first kappa shape index (κ1) is 19.1. The standard InChI is InChI=1S/C19H32N6S/c1-4-7-20-19(26)23-18-21-16(24-8-5-6-9-24)11-17(22-18)25-12-14(2)10-15(3)13-25/h11,14-15H,4-10,12-13H2,1-3H3,(H2,20,21,22,23,26). The number of anilines is 3. The van der Waals surface area contributed by atoms with Gasteiger partial charge in [-0.05, 0) is 49.7 Å². The Morgan fingerprint density at radius 2 is 1.73 bits per heavy atom. The molecule has 1 aromatic heterocycles. The molecule has 2 saturated heterocycles. The van der Waals surface area contributed by atoms with E-state index in [4.69, 9.17) is 22.2 Å². The molecule has 0 aromatic carbocycles. The average Bonchev–Trinajstić information content (AvgIpc) is 3.13. The number of nitrogens with zero attached hydrogens (tertiary/aromatic N) is 4. The molecular weight excluding hydrogens is 344 g/mol. The Balaban J connectivity index is 1.83. The zero-order valence-corrected chi connectivity index (χ0v) is 17.1. The maximum absolute atomic E-state index is 5.39. The van der Waals surface area contributed by atoms with E-state index in [1.54, 1.807) is 0 Å². The second-order valence-corrected chi connectivity index (χ2v) is 8.24. The van der Waals surface area contributed by atoms with Crippen LogP contribution in [0.3, 0.4) is 0 Å². The van der Waals surface area contributed by atoms with Crippen LogP contribution in [0.2, 0.25) is 0 Å². The first-order valence-corrected chi connectivity index (χ1v) is 10.4. The van der Waals surface area contributed by atoms with Gasteiger partial charge in [0.05, 0.1) is 0 Å². The Bertz CT molecular complexity index is 606. The van der Waals surface area contributed by atoms with Crippen molar-refractivity contribution in [2.24, 2.45) is 11.8 Å². The maximum atomic E-state index is 5.39. The van der Waals surface area contributed by atoms with Crippen LogP contribution < -0.4 is 20.4 Å². The number of piperidine rings is 1. The highest BCUT2D eigenvalue weighted by molar-refractivity contribution is 7.80. The Labute approximate surface area is 162 Å². The fourth-order valence-electron chi connectivity index (χ4n) is 3.98. The van der Waals surface area contributed by atoms with Gasteiger partial charge in [0, 0.05) is 38.8 Å². The smallest absolute Gasteiger partial charge is 0.232 e. The maximum Gasteiger partial charge on any atom is 0.232 e. The van der Waals surface area contributed by atoms with Crippen LogP contribution >= 0.6 is 12.2 Å². The molecule has 0 bridgehead atoms. The lowest BCUT2D eigenvalue weighted by molar-refractivity contribution is 0.355. The molecule has 1 aromatic rings. The number of hydrogen-bond donors (Lipinski definition) is 2. The quantitative estimate of drug-likeness (QED) is 0.765. The highest BCUT2D eigenvalue weighted by atomic mass is 32.1. The molecule has 26 heavy (non-hydrogen) atoms. The third-order valence-corrected chi connectivity index (χ3v) is 5.33. The fourth-order valence-corrected chi connectivity index (χ4v) is 4.18. The first-order chi connectivity index (χ1) is 12.5. The van der Waals surface area contributed by atoms with Crippen LogP contribution in [0.4, 0.5) is 17.6 Å². The summed E-state index contributed by atoms with van der Waals surface area (Å²) in [4.78, 5) is 14.3. The molecule has 144 valence electrons. The molecule has 2 unspecified atom stereocenters. The summed E-state index contributed by atoms with van der Waals surface area (Å²) in [5.74, 6) is 4.00. The Morgan fingerprint density at radius 3 is 2.35 bits per heavy atom. The number of aromatic nitrogens is 2. The molecule has 2 atom stereocenters. The van der Waals surface area contributed by atoms with Crippen molar-refractivity contribution in [2.45, 2.75) is 46.5 Å². The van der Waals surface area contributed by atoms with Crippen molar-refractivity contribution in [3.8, 4) is 0 Å². The van der Waals surface area contributed by atoms with Crippen molar-refractivity contribution in [2.75, 3.05) is 47.8 Å². The normalized spacial score (nSPS) is 23.2. The number of rotatable bonds is 5. The van der Waals surface area contributed by atoms with Gasteiger partial charge >= 0.3 is 0 Å². The van der Waals surface area contributed by atoms with Gasteiger partial charge in [0.25, 0.3) is 0 Å². The van der Waals surface area contributed by atoms with E-state index in [1.807, 2.05) is 0 Å². The molecule has 3 heterocycles. The fraction of sp³-hybridized carbons (Fsp3) is 0.737. The van der Waals surface area contributed by atoms with Gasteiger partial charge in [-0.25, -0.2) is 0 Å². The molecule has 2 aliphatic rings. The molecule has 2 aliphatic heterocycles. The second kappa shape index (κ2) is 8.84. The minimum atomic E-state index is 0.594. The highest BCUT2D eigenvalue weighted by Gasteiger charge is 2.25. The summed E-state index contributed by atoms with van der Waals surface area (Å²) in [7, 11) is 0. The summed E-state index contributed by atoms with van der Waals surface area (Å²) in [5.41, 5.74) is 0. The molecule has 0 saturated carbocycles. The van der Waals surface area contributed by atoms with Gasteiger partial charge in [-0.2, -0.15) is 9.97 Å². The van der Waals surface area contributed by atoms with Gasteiger partial charge in [0.15, 0.2) is 5.11 Å². The highest BCUT2D eigenvalue weighted by Crippen LogP contribution is 2.29. The second-order valence-electron chi connectivity index (χ2n) is 7.83. The summed E-state index contributed by atoms with van der Waals surface area (Å²) < 4.78 is 0. The molecule has 0 amide bonds. The van der Waals surface area contributed by atoms with Gasteiger partial charge in [-0.15, -0.1) is 0 Å². The van der Waals surface area contributed by atoms with Gasteiger partial charge in [0.2, 0.25) is 5.95 Å². The summed E-state index contributed by atoms with van der Waals surface area (Å²) >= 11 is 5.39. The van der Waals surface area contributed by atoms with Crippen molar-refractivity contribution < 1.29 is 0 Å². The molecule has 2 N–H and O–H groups in total. The zero-order valence-electron chi connectivity index (χ0n) is 16.3. The Hall–Kier alpha value is -1.63. The third kappa shape index (κ3) is 4.96. The Morgan fingerprint density at radius 1 is 1.12 bits per heavy atom. The zero-order chi connectivity index (χ0) is 18.5. The van der Waals surface area contributed by atoms with Crippen molar-refractivity contribution in [3.63, 3.8) is 0 Å². The average molecular weight is 377 g/mol. The number of thiocarbonyl (C=S) groups is 1. The van der Waals surface area contributed by atoms with Crippen LogP contribution in [0.15, 0.2) is 6.07 Å². The minimum absolute atomic E-state index is 0.594. The molecule has 3 rings (SSSR count). The van der Waals surface area contributed by atoms with Crippen molar-refractivity contribution in [3.05, 3.63) is 6.07 Å². The summed E-state index contributed by atoms with van der Waals surface area (Å²) in [6, 6.07) is 2.16. The number of nitrogens with one attached hydrogen (secondary N) is 2. The van der Waals surface area contributed by atoms with Gasteiger partial charge in [-0.3, -0.25) is 0 Å². The SMILES string of the molecule is CCCNC(=S)Nc1nc(N2CCCC2)cc(N2CC(C)CC(C)C2)n1. The molecule has 7 heteroatoms. The monoisotopic (exact) mass is 376 g/mol. The third-order valence-electron chi connectivity index (χ3n) is 5.08. The van der Waals surface area contributed by atoms with Gasteiger partial charge < -0.3 is 20.4 Å². The lowest BCUT2D eigenvalue weighted by Gasteiger charge is -2.36. The lowest BCUT2D eigenvalue weighted by atomic mass is 9.92. The van der Waals surface area contributed by atoms with E-state index in [0.717, 1.165) is 50.8 Å². The summed E-state index contributed by atoms with van der Waals surface area (Å²) in [6.45, 7) is 11.9. The van der Waals surface area contributed by atoms with E-state index in [9.17, 15) is 0 Å². The van der Waals surface area contributed by atoms with Crippen molar-refractivity contribution >= 4 is 34.9 Å². The van der Waals surface area contributed by atoms with Crippen molar-refractivity contribution in [1.29, 1.82) is 0 Å². The van der Waals surface area contributed by atoms with E-state index >= 15 is 0 Å². The van der Waals surface area contributed by atoms with E-state index in [-0.39, 0.29) is 0 Å². The van der Waals surface area contributed by atoms with Crippen LogP contribution in [0.5, 0.6) is 0 Å². The molecular formula is C19H32N6S. The van der Waals surface area contributed by atoms with E-state index in [0.29, 0.717) is 22.9 Å². The van der Waals surface area contributed by atoms with Crippen LogP contribution in [-0.2, 0) is 0 Å². The van der Waals surface area contributed by atoms with Crippen molar-refractivity contribution in [1.82, 2.24) is 15.3 Å². The number of hydrogen-bond acceptors (Lipinski definition) is 5. The van der Waals surface area contributed by atoms with E-state index in [1.165, 1.54) is 19.3 Å². The first-order valence-electron chi connectivity index (χ1n) is 9.99. The summed E-state index contributed by atoms with van der Waals surface area (Å²) in [6.07, 6.45) is 4.79. The van der Waals surface area contributed by atoms with E-state index < -0.39 is 0 Å². The molecule has 6 nitrogen and oxygen atoms in total. The minimum Gasteiger partial charge on any atom is -0.362 e. The van der Waals surface area contributed by atoms with Gasteiger partial charge in [0.1, 0.15) is 11.6 Å². The largest absolute Gasteiger partial charge is 0.362 e. The lowest BCUT2D eigenvalue weighted by Crippen LogP contribution is -2.39. The molecule has 0 radical (unpaired) electrons. The van der Waals surface area contributed by atoms with Crippen LogP contribution in [0.25, 0.3) is 0 Å². The predicted octanol–water partition coefficient (Wildman–Crippen LogP) is 3.26. The van der Waals surface area contributed by atoms with Gasteiger partial charge in [-0.1, -0.05) is 20.8 Å². The summed E-state index contributed by atoms with van der Waals surface area (Å²) in [5, 5.41) is 6.98. The topological polar surface area (TPSA) is 56.3 Å². The van der Waals surface area contributed by atoms with Crippen LogP contribution in [-0.4, -0.2) is 47.8 Å². The van der Waals surface area contributed by atoms with Crippen LogP contribution in [0.1, 0.15) is 46.5 Å². The van der Waals surface area contributed by atoms with E-state index in [2.05, 4.69) is 47.3 Å². The molecule has 2 fully saturated rings. The predicted molar refractivity (Wildman–Crippen MR) is 113 cm³/mol. The van der Waals surface area contributed by atoms with Crippen LogP contribution in [0, 0.1) is 11.8 Å².